The molecule has 9 heteroatoms. The molecule has 3 rings (SSSR count). The van der Waals surface area contributed by atoms with Gasteiger partial charge in [-0.1, -0.05) is 12.1 Å². The number of rotatable bonds is 8. The molecule has 1 aliphatic heterocycles. The molecular formula is C21H26F2N4O3. The van der Waals surface area contributed by atoms with Crippen LogP contribution in [0.2, 0.25) is 0 Å². The van der Waals surface area contributed by atoms with E-state index in [1.165, 1.54) is 13.2 Å². The highest BCUT2D eigenvalue weighted by molar-refractivity contribution is 5.78. The Bertz CT molecular complexity index is 830. The molecule has 0 unspecified atom stereocenters. The molecule has 0 aliphatic carbocycles. The first-order valence-electron chi connectivity index (χ1n) is 9.70. The normalized spacial score (nSPS) is 14.3. The summed E-state index contributed by atoms with van der Waals surface area (Å²) in [4.78, 5) is 22.9. The summed E-state index contributed by atoms with van der Waals surface area (Å²) in [5.41, 5.74) is 0.837. The molecule has 1 aromatic heterocycles. The molecule has 30 heavy (non-hydrogen) atoms. The van der Waals surface area contributed by atoms with Crippen LogP contribution in [-0.2, 0) is 11.3 Å². The number of methoxy groups -OCH3 is 1. The number of nitrogens with zero attached hydrogens (tertiary/aromatic N) is 4. The van der Waals surface area contributed by atoms with Crippen LogP contribution in [0.25, 0.3) is 0 Å². The number of halogens is 2. The molecule has 0 atom stereocenters. The molecule has 0 bridgehead atoms. The van der Waals surface area contributed by atoms with Crippen molar-refractivity contribution < 1.29 is 23.0 Å². The predicted octanol–water partition coefficient (Wildman–Crippen LogP) is 2.47. The summed E-state index contributed by atoms with van der Waals surface area (Å²) in [5.74, 6) is 1.21. The number of hydrogen-bond acceptors (Lipinski definition) is 6. The maximum atomic E-state index is 12.7. The zero-order valence-corrected chi connectivity index (χ0v) is 17.1. The van der Waals surface area contributed by atoms with E-state index in [9.17, 15) is 13.6 Å². The van der Waals surface area contributed by atoms with E-state index in [0.717, 1.165) is 24.5 Å². The Labute approximate surface area is 174 Å². The van der Waals surface area contributed by atoms with Gasteiger partial charge in [-0.15, -0.1) is 0 Å². The molecule has 0 radical (unpaired) electrons. The minimum Gasteiger partial charge on any atom is -0.493 e. The van der Waals surface area contributed by atoms with Crippen LogP contribution < -0.4 is 14.4 Å². The Morgan fingerprint density at radius 3 is 2.57 bits per heavy atom. The number of carbonyl (C=O) groups is 1. The van der Waals surface area contributed by atoms with E-state index >= 15 is 0 Å². The van der Waals surface area contributed by atoms with Crippen LogP contribution in [0.4, 0.5) is 14.6 Å². The molecule has 0 N–H and O–H groups in total. The Balaban J connectivity index is 1.50. The van der Waals surface area contributed by atoms with Crippen molar-refractivity contribution in [2.24, 2.45) is 0 Å². The van der Waals surface area contributed by atoms with Crippen molar-refractivity contribution in [2.75, 3.05) is 51.8 Å². The smallest absolute Gasteiger partial charge is 0.387 e. The summed E-state index contributed by atoms with van der Waals surface area (Å²) in [6.07, 6.45) is 1.77. The number of pyridine rings is 1. The number of carbonyl (C=O) groups excluding carboxylic acids is 1. The molecule has 1 saturated heterocycles. The second-order valence-electron chi connectivity index (χ2n) is 7.09. The van der Waals surface area contributed by atoms with Crippen molar-refractivity contribution in [1.29, 1.82) is 0 Å². The lowest BCUT2D eigenvalue weighted by Gasteiger charge is -2.36. The van der Waals surface area contributed by atoms with Crippen LogP contribution in [0, 0.1) is 0 Å². The van der Waals surface area contributed by atoms with Gasteiger partial charge in [0.2, 0.25) is 5.91 Å². The first-order chi connectivity index (χ1) is 14.5. The van der Waals surface area contributed by atoms with Crippen molar-refractivity contribution >= 4 is 11.7 Å². The fraction of sp³-hybridized carbons (Fsp3) is 0.429. The number of anilines is 1. The first-order valence-corrected chi connectivity index (χ1v) is 9.70. The van der Waals surface area contributed by atoms with E-state index < -0.39 is 6.61 Å². The second-order valence-corrected chi connectivity index (χ2v) is 7.09. The van der Waals surface area contributed by atoms with Crippen LogP contribution in [0.15, 0.2) is 42.6 Å². The third-order valence-electron chi connectivity index (χ3n) is 4.91. The van der Waals surface area contributed by atoms with Gasteiger partial charge in [-0.2, -0.15) is 8.78 Å². The van der Waals surface area contributed by atoms with Gasteiger partial charge in [-0.25, -0.2) is 4.98 Å². The Hall–Kier alpha value is -2.94. The quantitative estimate of drug-likeness (QED) is 0.654. The summed E-state index contributed by atoms with van der Waals surface area (Å²) in [6.45, 7) is 0.618. The molecule has 0 saturated carbocycles. The molecule has 162 valence electrons. The van der Waals surface area contributed by atoms with Crippen molar-refractivity contribution in [1.82, 2.24) is 14.8 Å². The number of alkyl halides is 2. The number of aromatic nitrogens is 1. The molecule has 0 spiro atoms. The monoisotopic (exact) mass is 420 g/mol. The second kappa shape index (κ2) is 10.2. The number of benzene rings is 1. The highest BCUT2D eigenvalue weighted by Crippen LogP contribution is 2.29. The van der Waals surface area contributed by atoms with Crippen molar-refractivity contribution in [3.05, 3.63) is 48.2 Å². The maximum Gasteiger partial charge on any atom is 0.387 e. The number of likely N-dealkylation sites (N-methyl/N-ethyl adjacent to an activating group) is 1. The van der Waals surface area contributed by atoms with E-state index in [-0.39, 0.29) is 24.0 Å². The summed E-state index contributed by atoms with van der Waals surface area (Å²) < 4.78 is 34.5. The Morgan fingerprint density at radius 1 is 1.17 bits per heavy atom. The van der Waals surface area contributed by atoms with Gasteiger partial charge in [0.15, 0.2) is 11.5 Å². The molecule has 2 aromatic rings. The van der Waals surface area contributed by atoms with Gasteiger partial charge in [-0.3, -0.25) is 9.69 Å². The molecule has 2 heterocycles. The number of hydrogen-bond donors (Lipinski definition) is 0. The molecule has 1 amide bonds. The van der Waals surface area contributed by atoms with Gasteiger partial charge in [0.1, 0.15) is 5.82 Å². The Kier molecular flexibility index (Phi) is 7.40. The lowest BCUT2D eigenvalue weighted by Crippen LogP contribution is -2.51. The van der Waals surface area contributed by atoms with Gasteiger partial charge >= 0.3 is 6.61 Å². The van der Waals surface area contributed by atoms with E-state index in [2.05, 4.69) is 14.6 Å². The first kappa shape index (κ1) is 21.8. The highest BCUT2D eigenvalue weighted by Gasteiger charge is 2.22. The van der Waals surface area contributed by atoms with Gasteiger partial charge in [0.25, 0.3) is 0 Å². The maximum absolute atomic E-state index is 12.7. The fourth-order valence-electron chi connectivity index (χ4n) is 3.43. The molecular weight excluding hydrogens is 394 g/mol. The third kappa shape index (κ3) is 5.79. The third-order valence-corrected chi connectivity index (χ3v) is 4.91. The van der Waals surface area contributed by atoms with Gasteiger partial charge in [0, 0.05) is 38.9 Å². The van der Waals surface area contributed by atoms with E-state index in [4.69, 9.17) is 4.74 Å². The highest BCUT2D eigenvalue weighted by atomic mass is 19.3. The minimum atomic E-state index is -2.91. The molecule has 1 aromatic carbocycles. The summed E-state index contributed by atoms with van der Waals surface area (Å²) >= 11 is 0. The lowest BCUT2D eigenvalue weighted by molar-refractivity contribution is -0.132. The minimum absolute atomic E-state index is 0.0132. The van der Waals surface area contributed by atoms with Gasteiger partial charge < -0.3 is 19.3 Å². The van der Waals surface area contributed by atoms with Crippen LogP contribution in [0.3, 0.4) is 0 Å². The molecule has 1 fully saturated rings. The van der Waals surface area contributed by atoms with Crippen LogP contribution in [0.5, 0.6) is 11.5 Å². The number of amides is 1. The fourth-order valence-corrected chi connectivity index (χ4v) is 3.43. The van der Waals surface area contributed by atoms with Crippen molar-refractivity contribution in [3.63, 3.8) is 0 Å². The van der Waals surface area contributed by atoms with Crippen molar-refractivity contribution in [3.8, 4) is 11.5 Å². The van der Waals surface area contributed by atoms with E-state index in [1.54, 1.807) is 18.3 Å². The van der Waals surface area contributed by atoms with Gasteiger partial charge in [-0.05, 0) is 36.9 Å². The van der Waals surface area contributed by atoms with Crippen molar-refractivity contribution in [2.45, 2.75) is 13.2 Å². The van der Waals surface area contributed by atoms with E-state index in [0.29, 0.717) is 19.6 Å². The molecule has 7 nitrogen and oxygen atoms in total. The van der Waals surface area contributed by atoms with Crippen LogP contribution in [-0.4, -0.2) is 74.2 Å². The number of piperazine rings is 1. The zero-order chi connectivity index (χ0) is 21.5. The average Bonchev–Trinajstić information content (AvgIpc) is 2.75. The number of ether oxygens (including phenoxy) is 2. The van der Waals surface area contributed by atoms with Crippen LogP contribution in [0.1, 0.15) is 5.56 Å². The predicted molar refractivity (Wildman–Crippen MR) is 109 cm³/mol. The SMILES string of the molecule is COc1cc(CN(C)CC(=O)N2CCN(c3ccccn3)CC2)ccc1OC(F)F. The summed E-state index contributed by atoms with van der Waals surface area (Å²) in [6, 6.07) is 10.6. The molecule has 1 aliphatic rings. The largest absolute Gasteiger partial charge is 0.493 e. The van der Waals surface area contributed by atoms with Gasteiger partial charge in [0.05, 0.1) is 13.7 Å². The standard InChI is InChI=1S/C21H26F2N4O3/c1-25(14-16-6-7-17(30-21(22)23)18(13-16)29-2)15-20(28)27-11-9-26(10-12-27)19-5-3-4-8-24-19/h3-8,13,21H,9-12,14-15H2,1-2H3. The lowest BCUT2D eigenvalue weighted by atomic mass is 10.2. The summed E-state index contributed by atoms with van der Waals surface area (Å²) in [7, 11) is 3.24. The topological polar surface area (TPSA) is 58.1 Å². The average molecular weight is 420 g/mol. The summed E-state index contributed by atoms with van der Waals surface area (Å²) in [5, 5.41) is 0. The van der Waals surface area contributed by atoms with E-state index in [1.807, 2.05) is 35.0 Å². The zero-order valence-electron chi connectivity index (χ0n) is 17.1. The Morgan fingerprint density at radius 2 is 1.93 bits per heavy atom. The van der Waals surface area contributed by atoms with Crippen LogP contribution >= 0.6 is 0 Å².